The van der Waals surface area contributed by atoms with Gasteiger partial charge in [-0.25, -0.2) is 4.99 Å². The highest BCUT2D eigenvalue weighted by atomic mass is 32.2. The maximum Gasteiger partial charge on any atom is 0.297 e. The van der Waals surface area contributed by atoms with Crippen molar-refractivity contribution in [3.05, 3.63) is 53.6 Å². The molecule has 0 saturated heterocycles. The molecule has 0 radical (unpaired) electrons. The molecule has 0 amide bonds. The van der Waals surface area contributed by atoms with Crippen molar-refractivity contribution in [2.45, 2.75) is 16.1 Å². The van der Waals surface area contributed by atoms with Gasteiger partial charge in [0.1, 0.15) is 9.79 Å². The van der Waals surface area contributed by atoms with Crippen LogP contribution in [0.3, 0.4) is 0 Å². The van der Waals surface area contributed by atoms with Gasteiger partial charge < -0.3 is 11.5 Å². The molecule has 2 aromatic carbocycles. The van der Waals surface area contributed by atoms with Crippen LogP contribution in [0.15, 0.2) is 62.2 Å². The van der Waals surface area contributed by atoms with Gasteiger partial charge in [0.2, 0.25) is 11.9 Å². The molecular weight excluding hydrogens is 448 g/mol. The van der Waals surface area contributed by atoms with E-state index in [0.717, 1.165) is 4.90 Å². The van der Waals surface area contributed by atoms with E-state index in [0.29, 0.717) is 0 Å². The minimum atomic E-state index is -4.82. The zero-order valence-corrected chi connectivity index (χ0v) is 17.3. The van der Waals surface area contributed by atoms with E-state index in [2.05, 4.69) is 9.98 Å². The summed E-state index contributed by atoms with van der Waals surface area (Å²) >= 11 is 0. The summed E-state index contributed by atoms with van der Waals surface area (Å²) in [5, 5.41) is 0. The molecule has 31 heavy (non-hydrogen) atoms. The van der Waals surface area contributed by atoms with Crippen molar-refractivity contribution in [2.75, 3.05) is 4.90 Å². The van der Waals surface area contributed by atoms with E-state index >= 15 is 0 Å². The molecule has 0 aliphatic carbocycles. The second kappa shape index (κ2) is 8.09. The number of nitrogens with zero attached hydrogens (tertiary/aromatic N) is 3. The zero-order valence-electron chi connectivity index (χ0n) is 15.7. The number of rotatable bonds is 5. The number of anilines is 1. The van der Waals surface area contributed by atoms with E-state index in [9.17, 15) is 25.9 Å². The Hall–Kier alpha value is -3.30. The van der Waals surface area contributed by atoms with Crippen LogP contribution in [0.4, 0.5) is 5.69 Å². The lowest BCUT2D eigenvalue weighted by molar-refractivity contribution is 0.480. The molecule has 8 N–H and O–H groups in total. The summed E-state index contributed by atoms with van der Waals surface area (Å²) in [5.74, 6) is -0.449. The number of hydrogen-bond donors (Lipinski definition) is 5. The Labute approximate surface area is 177 Å². The van der Waals surface area contributed by atoms with Crippen molar-refractivity contribution in [3.63, 3.8) is 0 Å². The van der Waals surface area contributed by atoms with Crippen LogP contribution >= 0.6 is 0 Å². The summed E-state index contributed by atoms with van der Waals surface area (Å²) in [6, 6.07) is 9.67. The molecule has 1 unspecified atom stereocenters. The van der Waals surface area contributed by atoms with Crippen LogP contribution in [-0.4, -0.2) is 44.1 Å². The van der Waals surface area contributed by atoms with Crippen molar-refractivity contribution < 1.29 is 25.9 Å². The van der Waals surface area contributed by atoms with Crippen molar-refractivity contribution in [2.24, 2.45) is 27.2 Å². The summed E-state index contributed by atoms with van der Waals surface area (Å²) in [4.78, 5) is 7.68. The Bertz CT molecular complexity index is 1330. The lowest BCUT2D eigenvalue weighted by Crippen LogP contribution is -2.53. The van der Waals surface area contributed by atoms with Crippen molar-refractivity contribution in [1.29, 1.82) is 0 Å². The number of benzene rings is 2. The SMILES string of the molecule is NC1=NC(N)N(c2cccc(C=Cc3ccccc3S(=O)(=O)O)c2S(=O)(=O)O)C(N)=N1. The molecule has 1 aliphatic heterocycles. The van der Waals surface area contributed by atoms with Gasteiger partial charge in [0.25, 0.3) is 20.2 Å². The molecule has 14 heteroatoms. The summed E-state index contributed by atoms with van der Waals surface area (Å²) in [7, 11) is -9.35. The van der Waals surface area contributed by atoms with Gasteiger partial charge in [-0.15, -0.1) is 0 Å². The summed E-state index contributed by atoms with van der Waals surface area (Å²) in [6.45, 7) is 0. The van der Waals surface area contributed by atoms with Gasteiger partial charge in [-0.1, -0.05) is 42.5 Å². The summed E-state index contributed by atoms with van der Waals surface area (Å²) in [5.41, 5.74) is 17.2. The molecule has 3 rings (SSSR count). The van der Waals surface area contributed by atoms with Crippen molar-refractivity contribution in [3.8, 4) is 0 Å². The van der Waals surface area contributed by atoms with Crippen LogP contribution in [0.5, 0.6) is 0 Å². The first-order valence-electron chi connectivity index (χ1n) is 8.47. The highest BCUT2D eigenvalue weighted by molar-refractivity contribution is 7.86. The van der Waals surface area contributed by atoms with E-state index in [1.807, 2.05) is 0 Å². The van der Waals surface area contributed by atoms with Gasteiger partial charge in [0.05, 0.1) is 5.69 Å². The maximum atomic E-state index is 12.2. The lowest BCUT2D eigenvalue weighted by atomic mass is 10.1. The van der Waals surface area contributed by atoms with Gasteiger partial charge in [-0.2, -0.15) is 21.8 Å². The smallest absolute Gasteiger partial charge is 0.297 e. The Morgan fingerprint density at radius 1 is 0.903 bits per heavy atom. The van der Waals surface area contributed by atoms with Gasteiger partial charge in [0, 0.05) is 0 Å². The van der Waals surface area contributed by atoms with Crippen molar-refractivity contribution in [1.82, 2.24) is 0 Å². The number of aliphatic imine (C=N–C) groups is 2. The topological polar surface area (TPSA) is 215 Å². The zero-order chi connectivity index (χ0) is 23.0. The third kappa shape index (κ3) is 4.73. The maximum absolute atomic E-state index is 12.2. The second-order valence-corrected chi connectivity index (χ2v) is 9.01. The molecule has 164 valence electrons. The molecule has 0 bridgehead atoms. The molecule has 0 spiro atoms. The van der Waals surface area contributed by atoms with Gasteiger partial charge in [0.15, 0.2) is 6.29 Å². The number of guanidine groups is 2. The van der Waals surface area contributed by atoms with Gasteiger partial charge >= 0.3 is 0 Å². The molecule has 0 saturated carbocycles. The van der Waals surface area contributed by atoms with E-state index in [-0.39, 0.29) is 33.6 Å². The fourth-order valence-corrected chi connectivity index (χ4v) is 4.52. The Balaban J connectivity index is 2.18. The second-order valence-electron chi connectivity index (χ2n) is 6.26. The van der Waals surface area contributed by atoms with Crippen LogP contribution in [0.1, 0.15) is 11.1 Å². The predicted octanol–water partition coefficient (Wildman–Crippen LogP) is 0.0421. The first-order valence-corrected chi connectivity index (χ1v) is 11.3. The standard InChI is InChI=1S/C17H18N6O6S2/c18-15-21-16(19)23(17(20)22-15)12-6-3-5-11(14(12)31(27,28)29)9-8-10-4-1-2-7-13(10)30(24,25)26/h1-9,16H,19H2,(H,24,25,26)(H,27,28,29)(H4,18,20,21,22). The Morgan fingerprint density at radius 3 is 2.13 bits per heavy atom. The number of hydrogen-bond acceptors (Lipinski definition) is 10. The average Bonchev–Trinajstić information content (AvgIpc) is 2.64. The minimum absolute atomic E-state index is 0.0207. The third-order valence-corrected chi connectivity index (χ3v) is 6.07. The first kappa shape index (κ1) is 22.4. The lowest BCUT2D eigenvalue weighted by Gasteiger charge is -2.31. The summed E-state index contributed by atoms with van der Waals surface area (Å²) < 4.78 is 66.8. The van der Waals surface area contributed by atoms with Crippen LogP contribution in [0.2, 0.25) is 0 Å². The molecular formula is C17H18N6O6S2. The molecule has 12 nitrogen and oxygen atoms in total. The Kier molecular flexibility index (Phi) is 5.84. The largest absolute Gasteiger partial charge is 0.369 e. The normalized spacial score (nSPS) is 17.5. The van der Waals surface area contributed by atoms with Crippen LogP contribution in [0, 0.1) is 0 Å². The first-order chi connectivity index (χ1) is 14.4. The molecule has 1 heterocycles. The molecule has 0 aromatic heterocycles. The monoisotopic (exact) mass is 466 g/mol. The fraction of sp³-hybridized carbons (Fsp3) is 0.0588. The number of nitrogens with two attached hydrogens (primary N) is 3. The predicted molar refractivity (Wildman–Crippen MR) is 115 cm³/mol. The molecule has 2 aromatic rings. The minimum Gasteiger partial charge on any atom is -0.369 e. The van der Waals surface area contributed by atoms with E-state index < -0.39 is 31.4 Å². The Morgan fingerprint density at radius 2 is 1.52 bits per heavy atom. The molecule has 0 fully saturated rings. The summed E-state index contributed by atoms with van der Waals surface area (Å²) in [6.07, 6.45) is 1.30. The highest BCUT2D eigenvalue weighted by Crippen LogP contribution is 2.32. The van der Waals surface area contributed by atoms with E-state index in [1.54, 1.807) is 0 Å². The van der Waals surface area contributed by atoms with Crippen LogP contribution in [0.25, 0.3) is 12.2 Å². The van der Waals surface area contributed by atoms with E-state index in [4.69, 9.17) is 17.2 Å². The van der Waals surface area contributed by atoms with Crippen LogP contribution < -0.4 is 22.1 Å². The van der Waals surface area contributed by atoms with Crippen LogP contribution in [-0.2, 0) is 20.2 Å². The third-order valence-electron chi connectivity index (χ3n) is 4.19. The van der Waals surface area contributed by atoms with Gasteiger partial charge in [-0.3, -0.25) is 19.7 Å². The molecule has 1 aliphatic rings. The highest BCUT2D eigenvalue weighted by Gasteiger charge is 2.30. The molecule has 1 atom stereocenters. The fourth-order valence-electron chi connectivity index (χ4n) is 2.97. The van der Waals surface area contributed by atoms with Gasteiger partial charge in [-0.05, 0) is 23.3 Å². The van der Waals surface area contributed by atoms with Crippen molar-refractivity contribution >= 4 is 50.0 Å². The quantitative estimate of drug-likeness (QED) is 0.294. The average molecular weight is 467 g/mol. The van der Waals surface area contributed by atoms with E-state index in [1.165, 1.54) is 54.6 Å².